The third-order valence-electron chi connectivity index (χ3n) is 3.58. The molecule has 2 rings (SSSR count). The van der Waals surface area contributed by atoms with Crippen LogP contribution < -0.4 is 5.32 Å². The van der Waals surface area contributed by atoms with Gasteiger partial charge in [-0.25, -0.2) is 9.97 Å². The Bertz CT molecular complexity index is 391. The molecule has 0 aliphatic heterocycles. The Balaban J connectivity index is 1.76. The molecule has 1 aliphatic carbocycles. The molecule has 1 aromatic heterocycles. The highest BCUT2D eigenvalue weighted by Crippen LogP contribution is 2.29. The standard InChI is InChI=1S/C16H27N3S/c1-16(2,3)19-11-13-9-17-15(18-10-13)12-20-14-7-5-4-6-8-14/h9-10,14,19H,4-8,11-12H2,1-3H3. The Morgan fingerprint density at radius 1 is 1.15 bits per heavy atom. The van der Waals surface area contributed by atoms with Crippen molar-refractivity contribution in [1.82, 2.24) is 15.3 Å². The number of nitrogens with one attached hydrogen (secondary N) is 1. The second kappa shape index (κ2) is 7.41. The summed E-state index contributed by atoms with van der Waals surface area (Å²) in [6, 6.07) is 0. The Hall–Kier alpha value is -0.610. The summed E-state index contributed by atoms with van der Waals surface area (Å²) in [4.78, 5) is 8.98. The summed E-state index contributed by atoms with van der Waals surface area (Å²) in [7, 11) is 0. The van der Waals surface area contributed by atoms with E-state index in [-0.39, 0.29) is 5.54 Å². The Morgan fingerprint density at radius 3 is 2.40 bits per heavy atom. The maximum Gasteiger partial charge on any atom is 0.138 e. The lowest BCUT2D eigenvalue weighted by atomic mass is 10.0. The topological polar surface area (TPSA) is 37.8 Å². The number of aromatic nitrogens is 2. The molecule has 1 N–H and O–H groups in total. The molecule has 0 unspecified atom stereocenters. The Labute approximate surface area is 127 Å². The number of hydrogen-bond donors (Lipinski definition) is 1. The van der Waals surface area contributed by atoms with E-state index in [1.54, 1.807) is 0 Å². The summed E-state index contributed by atoms with van der Waals surface area (Å²) in [6.45, 7) is 7.34. The predicted molar refractivity (Wildman–Crippen MR) is 86.8 cm³/mol. The van der Waals surface area contributed by atoms with Gasteiger partial charge < -0.3 is 5.32 Å². The van der Waals surface area contributed by atoms with E-state index in [0.29, 0.717) is 0 Å². The zero-order valence-corrected chi connectivity index (χ0v) is 13.8. The van der Waals surface area contributed by atoms with Crippen molar-refractivity contribution in [1.29, 1.82) is 0 Å². The first-order valence-corrected chi connectivity index (χ1v) is 8.74. The normalized spacial score (nSPS) is 17.4. The molecule has 4 heteroatoms. The van der Waals surface area contributed by atoms with Gasteiger partial charge in [0.1, 0.15) is 5.82 Å². The Kier molecular flexibility index (Phi) is 5.85. The van der Waals surface area contributed by atoms with E-state index in [0.717, 1.165) is 28.9 Å². The molecule has 0 amide bonds. The zero-order valence-electron chi connectivity index (χ0n) is 13.0. The molecule has 112 valence electrons. The fourth-order valence-corrected chi connectivity index (χ4v) is 3.54. The van der Waals surface area contributed by atoms with Crippen molar-refractivity contribution in [3.63, 3.8) is 0 Å². The molecule has 0 atom stereocenters. The van der Waals surface area contributed by atoms with Crippen molar-refractivity contribution in [2.75, 3.05) is 0 Å². The van der Waals surface area contributed by atoms with Crippen LogP contribution >= 0.6 is 11.8 Å². The second-order valence-electron chi connectivity index (χ2n) is 6.68. The molecule has 20 heavy (non-hydrogen) atoms. The molecule has 1 aliphatic rings. The molecule has 0 spiro atoms. The van der Waals surface area contributed by atoms with Gasteiger partial charge in [0.2, 0.25) is 0 Å². The quantitative estimate of drug-likeness (QED) is 0.892. The first-order chi connectivity index (χ1) is 9.53. The van der Waals surface area contributed by atoms with Gasteiger partial charge >= 0.3 is 0 Å². The van der Waals surface area contributed by atoms with Crippen molar-refractivity contribution in [3.8, 4) is 0 Å². The molecule has 1 heterocycles. The molecular formula is C16H27N3S. The fraction of sp³-hybridized carbons (Fsp3) is 0.750. The monoisotopic (exact) mass is 293 g/mol. The van der Waals surface area contributed by atoms with Crippen molar-refractivity contribution in [2.45, 2.75) is 76.0 Å². The lowest BCUT2D eigenvalue weighted by Gasteiger charge is -2.21. The van der Waals surface area contributed by atoms with Crippen LogP contribution in [0.5, 0.6) is 0 Å². The van der Waals surface area contributed by atoms with E-state index in [1.807, 2.05) is 24.2 Å². The third-order valence-corrected chi connectivity index (χ3v) is 4.95. The van der Waals surface area contributed by atoms with Crippen molar-refractivity contribution >= 4 is 11.8 Å². The Morgan fingerprint density at radius 2 is 1.80 bits per heavy atom. The maximum atomic E-state index is 4.49. The first kappa shape index (κ1) is 15.8. The lowest BCUT2D eigenvalue weighted by molar-refractivity contribution is 0.423. The van der Waals surface area contributed by atoms with E-state index in [2.05, 4.69) is 36.1 Å². The highest BCUT2D eigenvalue weighted by Gasteiger charge is 2.14. The molecule has 1 aromatic rings. The summed E-state index contributed by atoms with van der Waals surface area (Å²) in [5.74, 6) is 1.93. The van der Waals surface area contributed by atoms with Gasteiger partial charge in [0.05, 0.1) is 5.75 Å². The minimum atomic E-state index is 0.134. The minimum Gasteiger partial charge on any atom is -0.308 e. The van der Waals surface area contributed by atoms with Gasteiger partial charge in [0, 0.05) is 35.3 Å². The van der Waals surface area contributed by atoms with Crippen molar-refractivity contribution in [3.05, 3.63) is 23.8 Å². The molecule has 0 saturated heterocycles. The van der Waals surface area contributed by atoms with Gasteiger partial charge in [-0.15, -0.1) is 0 Å². The molecule has 0 radical (unpaired) electrons. The van der Waals surface area contributed by atoms with Gasteiger partial charge in [-0.1, -0.05) is 19.3 Å². The van der Waals surface area contributed by atoms with Crippen LogP contribution in [0.25, 0.3) is 0 Å². The van der Waals surface area contributed by atoms with Crippen LogP contribution in [0.1, 0.15) is 64.3 Å². The first-order valence-electron chi connectivity index (χ1n) is 7.69. The van der Waals surface area contributed by atoms with E-state index in [1.165, 1.54) is 32.1 Å². The third kappa shape index (κ3) is 5.80. The van der Waals surface area contributed by atoms with Crippen LogP contribution in [0, 0.1) is 0 Å². The molecule has 1 saturated carbocycles. The van der Waals surface area contributed by atoms with Crippen LogP contribution in [-0.4, -0.2) is 20.8 Å². The highest BCUT2D eigenvalue weighted by molar-refractivity contribution is 7.99. The molecular weight excluding hydrogens is 266 g/mol. The van der Waals surface area contributed by atoms with E-state index >= 15 is 0 Å². The molecule has 0 bridgehead atoms. The number of rotatable bonds is 5. The number of thioether (sulfide) groups is 1. The van der Waals surface area contributed by atoms with E-state index in [4.69, 9.17) is 0 Å². The largest absolute Gasteiger partial charge is 0.308 e. The molecule has 0 aromatic carbocycles. The average Bonchev–Trinajstić information content (AvgIpc) is 2.44. The lowest BCUT2D eigenvalue weighted by Crippen LogP contribution is -2.35. The van der Waals surface area contributed by atoms with Gasteiger partial charge in [-0.2, -0.15) is 11.8 Å². The summed E-state index contributed by atoms with van der Waals surface area (Å²) < 4.78 is 0. The SMILES string of the molecule is CC(C)(C)NCc1cnc(CSC2CCCCC2)nc1. The summed E-state index contributed by atoms with van der Waals surface area (Å²) >= 11 is 2.03. The van der Waals surface area contributed by atoms with Gasteiger partial charge in [-0.3, -0.25) is 0 Å². The minimum absolute atomic E-state index is 0.134. The molecule has 1 fully saturated rings. The van der Waals surface area contributed by atoms with Gasteiger partial charge in [0.25, 0.3) is 0 Å². The van der Waals surface area contributed by atoms with Crippen LogP contribution in [0.3, 0.4) is 0 Å². The van der Waals surface area contributed by atoms with Gasteiger partial charge in [-0.05, 0) is 33.6 Å². The van der Waals surface area contributed by atoms with Gasteiger partial charge in [0.15, 0.2) is 0 Å². The smallest absolute Gasteiger partial charge is 0.138 e. The fourth-order valence-electron chi connectivity index (χ4n) is 2.34. The number of nitrogens with zero attached hydrogens (tertiary/aromatic N) is 2. The van der Waals surface area contributed by atoms with Crippen LogP contribution in [-0.2, 0) is 12.3 Å². The van der Waals surface area contributed by atoms with Crippen LogP contribution in [0.15, 0.2) is 12.4 Å². The average molecular weight is 293 g/mol. The van der Waals surface area contributed by atoms with E-state index < -0.39 is 0 Å². The number of hydrogen-bond acceptors (Lipinski definition) is 4. The van der Waals surface area contributed by atoms with Crippen LogP contribution in [0.2, 0.25) is 0 Å². The highest BCUT2D eigenvalue weighted by atomic mass is 32.2. The molecule has 3 nitrogen and oxygen atoms in total. The summed E-state index contributed by atoms with van der Waals surface area (Å²) in [5.41, 5.74) is 1.29. The van der Waals surface area contributed by atoms with Crippen molar-refractivity contribution in [2.24, 2.45) is 0 Å². The zero-order chi connectivity index (χ0) is 14.4. The van der Waals surface area contributed by atoms with E-state index in [9.17, 15) is 0 Å². The maximum absolute atomic E-state index is 4.49. The summed E-state index contributed by atoms with van der Waals surface area (Å²) in [5, 5.41) is 4.28. The summed E-state index contributed by atoms with van der Waals surface area (Å²) in [6.07, 6.45) is 10.9. The predicted octanol–water partition coefficient (Wildman–Crippen LogP) is 3.93. The van der Waals surface area contributed by atoms with Crippen molar-refractivity contribution < 1.29 is 0 Å². The second-order valence-corrected chi connectivity index (χ2v) is 7.97. The van der Waals surface area contributed by atoms with Crippen LogP contribution in [0.4, 0.5) is 0 Å².